The Bertz CT molecular complexity index is 1070. The predicted octanol–water partition coefficient (Wildman–Crippen LogP) is 3.69. The molecule has 0 unspecified atom stereocenters. The second kappa shape index (κ2) is 7.43. The molecule has 0 atom stereocenters. The molecule has 0 saturated carbocycles. The van der Waals surface area contributed by atoms with Crippen LogP contribution in [-0.2, 0) is 6.61 Å². The van der Waals surface area contributed by atoms with Crippen LogP contribution in [0, 0.1) is 23.0 Å². The van der Waals surface area contributed by atoms with Gasteiger partial charge in [0.25, 0.3) is 0 Å². The highest BCUT2D eigenvalue weighted by atomic mass is 35.5. The van der Waals surface area contributed by atoms with Gasteiger partial charge in [-0.2, -0.15) is 10.2 Å². The molecule has 0 fully saturated rings. The van der Waals surface area contributed by atoms with E-state index in [1.54, 1.807) is 12.1 Å². The van der Waals surface area contributed by atoms with E-state index in [0.717, 1.165) is 12.1 Å². The fourth-order valence-electron chi connectivity index (χ4n) is 2.40. The predicted molar refractivity (Wildman–Crippen MR) is 96.7 cm³/mol. The summed E-state index contributed by atoms with van der Waals surface area (Å²) in [5.74, 6) is -1.82. The lowest BCUT2D eigenvalue weighted by molar-refractivity contribution is 0.306. The number of nitriles is 1. The van der Waals surface area contributed by atoms with Gasteiger partial charge in [-0.25, -0.2) is 13.8 Å². The van der Waals surface area contributed by atoms with Crippen LogP contribution in [0.1, 0.15) is 11.1 Å². The lowest BCUT2D eigenvalue weighted by atomic mass is 10.1. The number of nitrogen functional groups attached to an aromatic ring is 2. The number of halogens is 3. The van der Waals surface area contributed by atoms with Gasteiger partial charge in [0.1, 0.15) is 29.8 Å². The van der Waals surface area contributed by atoms with Crippen molar-refractivity contribution >= 4 is 23.4 Å². The van der Waals surface area contributed by atoms with Crippen LogP contribution in [0.5, 0.6) is 5.75 Å². The summed E-state index contributed by atoms with van der Waals surface area (Å²) < 4.78 is 32.1. The summed E-state index contributed by atoms with van der Waals surface area (Å²) >= 11 is 6.06. The van der Waals surface area contributed by atoms with E-state index in [0.29, 0.717) is 21.9 Å². The molecule has 0 bridgehead atoms. The van der Waals surface area contributed by atoms with E-state index in [-0.39, 0.29) is 29.6 Å². The Morgan fingerprint density at radius 1 is 1.07 bits per heavy atom. The SMILES string of the molecule is N#Cc1c(N)nc(N)nc1-c1cc(Cl)ccc1OCc1ccc(F)c(F)c1. The van der Waals surface area contributed by atoms with E-state index in [1.165, 1.54) is 12.1 Å². The Labute approximate surface area is 158 Å². The van der Waals surface area contributed by atoms with Crippen LogP contribution < -0.4 is 16.2 Å². The number of benzene rings is 2. The van der Waals surface area contributed by atoms with E-state index in [4.69, 9.17) is 27.8 Å². The normalized spacial score (nSPS) is 10.4. The first-order valence-electron chi connectivity index (χ1n) is 7.58. The third-order valence-electron chi connectivity index (χ3n) is 3.64. The third-order valence-corrected chi connectivity index (χ3v) is 3.88. The van der Waals surface area contributed by atoms with Crippen LogP contribution in [0.3, 0.4) is 0 Å². The Hall–Kier alpha value is -3.44. The van der Waals surface area contributed by atoms with Crippen LogP contribution in [-0.4, -0.2) is 9.97 Å². The Morgan fingerprint density at radius 3 is 2.56 bits per heavy atom. The average Bonchev–Trinajstić information content (AvgIpc) is 2.63. The van der Waals surface area contributed by atoms with Crippen LogP contribution in [0.25, 0.3) is 11.3 Å². The molecule has 2 aromatic carbocycles. The number of aromatic nitrogens is 2. The van der Waals surface area contributed by atoms with Crippen molar-refractivity contribution in [1.82, 2.24) is 9.97 Å². The zero-order valence-electron chi connectivity index (χ0n) is 13.7. The van der Waals surface area contributed by atoms with Gasteiger partial charge in [-0.1, -0.05) is 17.7 Å². The van der Waals surface area contributed by atoms with Gasteiger partial charge < -0.3 is 16.2 Å². The highest BCUT2D eigenvalue weighted by Gasteiger charge is 2.18. The Kier molecular flexibility index (Phi) is 5.05. The van der Waals surface area contributed by atoms with E-state index in [1.807, 2.05) is 6.07 Å². The first-order chi connectivity index (χ1) is 12.9. The van der Waals surface area contributed by atoms with Crippen molar-refractivity contribution in [3.05, 3.63) is 64.2 Å². The van der Waals surface area contributed by atoms with Crippen molar-refractivity contribution in [3.8, 4) is 23.1 Å². The standard InChI is InChI=1S/C18H12ClF2N5O/c19-10-2-4-15(27-8-9-1-3-13(20)14(21)5-9)11(6-10)16-12(7-22)17(23)26-18(24)25-16/h1-6H,8H2,(H4,23,24,25,26). The summed E-state index contributed by atoms with van der Waals surface area (Å²) in [6.07, 6.45) is 0. The number of anilines is 2. The maximum absolute atomic E-state index is 13.4. The lowest BCUT2D eigenvalue weighted by Crippen LogP contribution is -2.06. The van der Waals surface area contributed by atoms with E-state index < -0.39 is 11.6 Å². The fraction of sp³-hybridized carbons (Fsp3) is 0.0556. The minimum Gasteiger partial charge on any atom is -0.488 e. The lowest BCUT2D eigenvalue weighted by Gasteiger charge is -2.14. The van der Waals surface area contributed by atoms with Crippen molar-refractivity contribution in [2.75, 3.05) is 11.5 Å². The molecule has 0 aliphatic heterocycles. The third kappa shape index (κ3) is 3.88. The summed E-state index contributed by atoms with van der Waals surface area (Å²) in [4.78, 5) is 7.84. The average molecular weight is 388 g/mol. The van der Waals surface area contributed by atoms with Gasteiger partial charge in [0, 0.05) is 10.6 Å². The molecule has 1 heterocycles. The highest BCUT2D eigenvalue weighted by molar-refractivity contribution is 6.31. The maximum Gasteiger partial charge on any atom is 0.222 e. The van der Waals surface area contributed by atoms with Gasteiger partial charge in [0.15, 0.2) is 11.6 Å². The first kappa shape index (κ1) is 18.4. The largest absolute Gasteiger partial charge is 0.488 e. The van der Waals surface area contributed by atoms with Crippen molar-refractivity contribution in [2.45, 2.75) is 6.61 Å². The van der Waals surface area contributed by atoms with Crippen LogP contribution >= 0.6 is 11.6 Å². The van der Waals surface area contributed by atoms with Gasteiger partial charge in [-0.05, 0) is 35.9 Å². The molecule has 0 aliphatic rings. The monoisotopic (exact) mass is 387 g/mol. The number of hydrogen-bond acceptors (Lipinski definition) is 6. The van der Waals surface area contributed by atoms with Gasteiger partial charge in [-0.15, -0.1) is 0 Å². The topological polar surface area (TPSA) is 111 Å². The Morgan fingerprint density at radius 2 is 1.85 bits per heavy atom. The van der Waals surface area contributed by atoms with Crippen molar-refractivity contribution in [3.63, 3.8) is 0 Å². The minimum absolute atomic E-state index is 0.0177. The van der Waals surface area contributed by atoms with Crippen molar-refractivity contribution in [1.29, 1.82) is 5.26 Å². The van der Waals surface area contributed by atoms with Gasteiger partial charge >= 0.3 is 0 Å². The molecule has 0 saturated heterocycles. The molecule has 27 heavy (non-hydrogen) atoms. The molecule has 3 aromatic rings. The van der Waals surface area contributed by atoms with Gasteiger partial charge in [0.2, 0.25) is 5.95 Å². The number of ether oxygens (including phenoxy) is 1. The first-order valence-corrected chi connectivity index (χ1v) is 7.96. The molecule has 1 aromatic heterocycles. The van der Waals surface area contributed by atoms with E-state index in [9.17, 15) is 14.0 Å². The second-order valence-corrected chi connectivity index (χ2v) is 5.92. The summed E-state index contributed by atoms with van der Waals surface area (Å²) in [7, 11) is 0. The molecule has 9 heteroatoms. The zero-order valence-corrected chi connectivity index (χ0v) is 14.5. The van der Waals surface area contributed by atoms with Gasteiger partial charge in [-0.3, -0.25) is 0 Å². The van der Waals surface area contributed by atoms with Crippen LogP contribution in [0.15, 0.2) is 36.4 Å². The molecule has 136 valence electrons. The quantitative estimate of drug-likeness (QED) is 0.706. The maximum atomic E-state index is 13.4. The smallest absolute Gasteiger partial charge is 0.222 e. The summed E-state index contributed by atoms with van der Waals surface area (Å²) in [6.45, 7) is -0.0518. The van der Waals surface area contributed by atoms with E-state index in [2.05, 4.69) is 9.97 Å². The second-order valence-electron chi connectivity index (χ2n) is 5.48. The molecule has 0 radical (unpaired) electrons. The van der Waals surface area contributed by atoms with Crippen molar-refractivity contribution in [2.24, 2.45) is 0 Å². The number of rotatable bonds is 4. The summed E-state index contributed by atoms with van der Waals surface area (Å²) in [5.41, 5.74) is 12.3. The Balaban J connectivity index is 2.02. The van der Waals surface area contributed by atoms with Crippen LogP contribution in [0.2, 0.25) is 5.02 Å². The molecule has 0 aliphatic carbocycles. The molecule has 0 amide bonds. The molecule has 6 nitrogen and oxygen atoms in total. The van der Waals surface area contributed by atoms with E-state index >= 15 is 0 Å². The zero-order chi connectivity index (χ0) is 19.6. The fourth-order valence-corrected chi connectivity index (χ4v) is 2.58. The molecule has 4 N–H and O–H groups in total. The number of hydrogen-bond donors (Lipinski definition) is 2. The molecular formula is C18H12ClF2N5O. The summed E-state index contributed by atoms with van der Waals surface area (Å²) in [5, 5.41) is 9.74. The minimum atomic E-state index is -0.976. The number of nitrogens with two attached hydrogens (primary N) is 2. The van der Waals surface area contributed by atoms with Crippen LogP contribution in [0.4, 0.5) is 20.5 Å². The molecule has 0 spiro atoms. The molecule has 3 rings (SSSR count). The summed E-state index contributed by atoms with van der Waals surface area (Å²) in [6, 6.07) is 10.0. The molecular weight excluding hydrogens is 376 g/mol. The highest BCUT2D eigenvalue weighted by Crippen LogP contribution is 2.35. The van der Waals surface area contributed by atoms with Crippen molar-refractivity contribution < 1.29 is 13.5 Å². The number of nitrogens with zero attached hydrogens (tertiary/aromatic N) is 3. The van der Waals surface area contributed by atoms with Gasteiger partial charge in [0.05, 0.1) is 5.69 Å².